The van der Waals surface area contributed by atoms with Crippen molar-refractivity contribution >= 4 is 17.5 Å². The second-order valence-electron chi connectivity index (χ2n) is 5.25. The summed E-state index contributed by atoms with van der Waals surface area (Å²) >= 11 is 0. The highest BCUT2D eigenvalue weighted by atomic mass is 16.3. The molecule has 1 aromatic carbocycles. The largest absolute Gasteiger partial charge is 0.467 e. The van der Waals surface area contributed by atoms with Crippen LogP contribution in [0, 0.1) is 6.92 Å². The van der Waals surface area contributed by atoms with Crippen molar-refractivity contribution in [3.8, 4) is 0 Å². The summed E-state index contributed by atoms with van der Waals surface area (Å²) in [7, 11) is 0. The van der Waals surface area contributed by atoms with E-state index in [1.807, 2.05) is 18.2 Å². The normalized spacial score (nSPS) is 10.5. The number of hydrogen-bond acceptors (Lipinski definition) is 5. The summed E-state index contributed by atoms with van der Waals surface area (Å²) in [4.78, 5) is 11.0. The molecule has 2 aromatic heterocycles. The maximum atomic E-state index is 5.31. The molecule has 0 radical (unpaired) electrons. The topological polar surface area (TPSA) is 54.2 Å². The summed E-state index contributed by atoms with van der Waals surface area (Å²) in [5, 5.41) is 3.19. The zero-order valence-electron chi connectivity index (χ0n) is 13.4. The Morgan fingerprint density at radius 1 is 1.17 bits per heavy atom. The van der Waals surface area contributed by atoms with Gasteiger partial charge in [0.25, 0.3) is 0 Å². The van der Waals surface area contributed by atoms with Gasteiger partial charge in [0.1, 0.15) is 11.6 Å². The molecule has 0 aliphatic carbocycles. The molecule has 5 heteroatoms. The van der Waals surface area contributed by atoms with E-state index in [9.17, 15) is 0 Å². The van der Waals surface area contributed by atoms with E-state index in [0.717, 1.165) is 23.8 Å². The summed E-state index contributed by atoms with van der Waals surface area (Å²) in [5.74, 6) is 2.31. The summed E-state index contributed by atoms with van der Waals surface area (Å²) < 4.78 is 5.31. The lowest BCUT2D eigenvalue weighted by atomic mass is 10.2. The number of hydrogen-bond donors (Lipinski definition) is 1. The first-order valence-corrected chi connectivity index (χ1v) is 7.70. The Labute approximate surface area is 136 Å². The van der Waals surface area contributed by atoms with Gasteiger partial charge >= 0.3 is 0 Å². The zero-order valence-corrected chi connectivity index (χ0v) is 13.4. The number of nitrogens with one attached hydrogen (secondary N) is 1. The fraction of sp³-hybridized carbons (Fsp3) is 0.222. The van der Waals surface area contributed by atoms with Gasteiger partial charge in [-0.3, -0.25) is 0 Å². The van der Waals surface area contributed by atoms with Crippen molar-refractivity contribution < 1.29 is 4.42 Å². The van der Waals surface area contributed by atoms with Crippen LogP contribution in [0.4, 0.5) is 17.5 Å². The van der Waals surface area contributed by atoms with Gasteiger partial charge in [0.15, 0.2) is 0 Å². The molecule has 0 bridgehead atoms. The smallest absolute Gasteiger partial charge is 0.224 e. The molecule has 23 heavy (non-hydrogen) atoms. The van der Waals surface area contributed by atoms with Gasteiger partial charge in [0, 0.05) is 18.4 Å². The highest BCUT2D eigenvalue weighted by Crippen LogP contribution is 2.24. The van der Waals surface area contributed by atoms with Gasteiger partial charge in [0.2, 0.25) is 5.95 Å². The van der Waals surface area contributed by atoms with E-state index < -0.39 is 0 Å². The van der Waals surface area contributed by atoms with Crippen molar-refractivity contribution in [1.82, 2.24) is 9.97 Å². The molecule has 0 unspecified atom stereocenters. The molecular weight excluding hydrogens is 288 g/mol. The van der Waals surface area contributed by atoms with Crippen LogP contribution in [-0.2, 0) is 6.54 Å². The summed E-state index contributed by atoms with van der Waals surface area (Å²) in [6.07, 6.45) is 3.43. The van der Waals surface area contributed by atoms with Crippen LogP contribution in [-0.4, -0.2) is 16.5 Å². The SMILES string of the molecule is CCN(c1cccc(C)c1)c1ccnc(NCc2ccco2)n1. The molecule has 3 rings (SSSR count). The molecule has 0 fully saturated rings. The third-order valence-electron chi connectivity index (χ3n) is 3.55. The van der Waals surface area contributed by atoms with Crippen molar-refractivity contribution in [2.75, 3.05) is 16.8 Å². The van der Waals surface area contributed by atoms with Crippen LogP contribution in [0.5, 0.6) is 0 Å². The molecule has 5 nitrogen and oxygen atoms in total. The number of anilines is 3. The monoisotopic (exact) mass is 308 g/mol. The lowest BCUT2D eigenvalue weighted by Crippen LogP contribution is -2.18. The predicted octanol–water partition coefficient (Wildman–Crippen LogP) is 4.15. The minimum atomic E-state index is 0.563. The molecule has 118 valence electrons. The fourth-order valence-electron chi connectivity index (χ4n) is 2.44. The number of aromatic nitrogens is 2. The Bertz CT molecular complexity index is 755. The number of nitrogens with zero attached hydrogens (tertiary/aromatic N) is 3. The minimum absolute atomic E-state index is 0.563. The van der Waals surface area contributed by atoms with Crippen LogP contribution in [0.25, 0.3) is 0 Å². The number of rotatable bonds is 6. The molecule has 0 amide bonds. The Morgan fingerprint density at radius 3 is 2.83 bits per heavy atom. The maximum Gasteiger partial charge on any atom is 0.224 e. The lowest BCUT2D eigenvalue weighted by Gasteiger charge is -2.22. The molecular formula is C18H20N4O. The Hall–Kier alpha value is -2.82. The standard InChI is InChI=1S/C18H20N4O/c1-3-22(15-7-4-6-14(2)12-15)17-9-10-19-18(21-17)20-13-16-8-5-11-23-16/h4-12H,3,13H2,1-2H3,(H,19,20,21). The Morgan fingerprint density at radius 2 is 2.09 bits per heavy atom. The van der Waals surface area contributed by atoms with Gasteiger partial charge in [-0.1, -0.05) is 12.1 Å². The average Bonchev–Trinajstić information content (AvgIpc) is 3.08. The fourth-order valence-corrected chi connectivity index (χ4v) is 2.44. The molecule has 0 aliphatic rings. The predicted molar refractivity (Wildman–Crippen MR) is 91.9 cm³/mol. The van der Waals surface area contributed by atoms with E-state index in [2.05, 4.69) is 58.3 Å². The molecule has 0 saturated carbocycles. The van der Waals surface area contributed by atoms with Crippen LogP contribution >= 0.6 is 0 Å². The first-order chi connectivity index (χ1) is 11.3. The van der Waals surface area contributed by atoms with E-state index in [0.29, 0.717) is 12.5 Å². The number of aryl methyl sites for hydroxylation is 1. The highest BCUT2D eigenvalue weighted by Gasteiger charge is 2.10. The zero-order chi connectivity index (χ0) is 16.1. The van der Waals surface area contributed by atoms with E-state index in [1.54, 1.807) is 12.5 Å². The summed E-state index contributed by atoms with van der Waals surface area (Å²) in [5.41, 5.74) is 2.36. The molecule has 0 spiro atoms. The Balaban J connectivity index is 1.79. The van der Waals surface area contributed by atoms with Crippen molar-refractivity contribution in [1.29, 1.82) is 0 Å². The van der Waals surface area contributed by atoms with Gasteiger partial charge in [-0.15, -0.1) is 0 Å². The van der Waals surface area contributed by atoms with Crippen LogP contribution in [0.1, 0.15) is 18.2 Å². The van der Waals surface area contributed by atoms with E-state index in [4.69, 9.17) is 4.42 Å². The van der Waals surface area contributed by atoms with Gasteiger partial charge in [-0.05, 0) is 49.7 Å². The second-order valence-corrected chi connectivity index (χ2v) is 5.25. The van der Waals surface area contributed by atoms with Crippen molar-refractivity contribution in [2.45, 2.75) is 20.4 Å². The third-order valence-corrected chi connectivity index (χ3v) is 3.55. The molecule has 0 aliphatic heterocycles. The minimum Gasteiger partial charge on any atom is -0.467 e. The number of furan rings is 1. The molecule has 2 heterocycles. The molecule has 0 saturated heterocycles. The quantitative estimate of drug-likeness (QED) is 0.741. The van der Waals surface area contributed by atoms with Crippen LogP contribution < -0.4 is 10.2 Å². The van der Waals surface area contributed by atoms with Crippen LogP contribution in [0.15, 0.2) is 59.3 Å². The van der Waals surface area contributed by atoms with E-state index in [-0.39, 0.29) is 0 Å². The van der Waals surface area contributed by atoms with Gasteiger partial charge in [0.05, 0.1) is 12.8 Å². The first-order valence-electron chi connectivity index (χ1n) is 7.70. The average molecular weight is 308 g/mol. The lowest BCUT2D eigenvalue weighted by molar-refractivity contribution is 0.517. The second kappa shape index (κ2) is 6.96. The third kappa shape index (κ3) is 3.69. The van der Waals surface area contributed by atoms with E-state index in [1.165, 1.54) is 5.56 Å². The van der Waals surface area contributed by atoms with Crippen molar-refractivity contribution in [3.05, 3.63) is 66.2 Å². The van der Waals surface area contributed by atoms with Crippen molar-refractivity contribution in [3.63, 3.8) is 0 Å². The molecule has 3 aromatic rings. The van der Waals surface area contributed by atoms with Gasteiger partial charge in [-0.25, -0.2) is 4.98 Å². The first kappa shape index (κ1) is 15.1. The van der Waals surface area contributed by atoms with Crippen molar-refractivity contribution in [2.24, 2.45) is 0 Å². The number of benzene rings is 1. The molecule has 0 atom stereocenters. The Kier molecular flexibility index (Phi) is 4.57. The van der Waals surface area contributed by atoms with Crippen LogP contribution in [0.3, 0.4) is 0 Å². The van der Waals surface area contributed by atoms with E-state index >= 15 is 0 Å². The van der Waals surface area contributed by atoms with Crippen LogP contribution in [0.2, 0.25) is 0 Å². The van der Waals surface area contributed by atoms with Gasteiger partial charge in [-0.2, -0.15) is 4.98 Å². The highest BCUT2D eigenvalue weighted by molar-refractivity contribution is 5.61. The maximum absolute atomic E-state index is 5.31. The van der Waals surface area contributed by atoms with Gasteiger partial charge < -0.3 is 14.6 Å². The molecule has 1 N–H and O–H groups in total. The summed E-state index contributed by atoms with van der Waals surface area (Å²) in [6.45, 7) is 5.60. The summed E-state index contributed by atoms with van der Waals surface area (Å²) in [6, 6.07) is 14.1.